The van der Waals surface area contributed by atoms with E-state index in [0.29, 0.717) is 6.04 Å². The minimum absolute atomic E-state index is 0.488. The van der Waals surface area contributed by atoms with E-state index in [-0.39, 0.29) is 0 Å². The zero-order chi connectivity index (χ0) is 13.7. The van der Waals surface area contributed by atoms with Gasteiger partial charge in [0.2, 0.25) is 0 Å². The summed E-state index contributed by atoms with van der Waals surface area (Å²) in [5, 5.41) is 7.16. The fraction of sp³-hybridized carbons (Fsp3) is 0.529. The van der Waals surface area contributed by atoms with Crippen LogP contribution in [0.5, 0.6) is 0 Å². The van der Waals surface area contributed by atoms with Gasteiger partial charge < -0.3 is 5.32 Å². The Morgan fingerprint density at radius 2 is 1.84 bits per heavy atom. The molecular formula is C17H25NS. The molecule has 0 saturated carbocycles. The number of nitrogens with one attached hydrogen (secondary N) is 1. The van der Waals surface area contributed by atoms with Crippen LogP contribution in [0.2, 0.25) is 0 Å². The highest BCUT2D eigenvalue weighted by Crippen LogP contribution is 2.35. The second kappa shape index (κ2) is 7.06. The Balaban J connectivity index is 2.36. The second-order valence-corrected chi connectivity index (χ2v) is 6.21. The molecular weight excluding hydrogens is 250 g/mol. The summed E-state index contributed by atoms with van der Waals surface area (Å²) in [6.07, 6.45) is 5.15. The molecule has 104 valence electrons. The number of thiophene rings is 1. The summed E-state index contributed by atoms with van der Waals surface area (Å²) < 4.78 is 1.46. The van der Waals surface area contributed by atoms with Crippen molar-refractivity contribution in [2.24, 2.45) is 5.92 Å². The molecule has 1 nitrogen and oxygen atoms in total. The summed E-state index contributed by atoms with van der Waals surface area (Å²) in [7, 11) is 2.11. The summed E-state index contributed by atoms with van der Waals surface area (Å²) in [6.45, 7) is 4.59. The highest BCUT2D eigenvalue weighted by atomic mass is 32.1. The number of benzene rings is 1. The lowest BCUT2D eigenvalue weighted by Gasteiger charge is -2.27. The lowest BCUT2D eigenvalue weighted by molar-refractivity contribution is 0.332. The van der Waals surface area contributed by atoms with Gasteiger partial charge in [0, 0.05) is 10.7 Å². The van der Waals surface area contributed by atoms with E-state index in [9.17, 15) is 0 Å². The Hall–Kier alpha value is -0.860. The molecule has 2 rings (SSSR count). The molecule has 1 unspecified atom stereocenters. The summed E-state index contributed by atoms with van der Waals surface area (Å²) >= 11 is 1.87. The van der Waals surface area contributed by atoms with Crippen LogP contribution in [0.3, 0.4) is 0 Å². The Kier molecular flexibility index (Phi) is 5.41. The molecule has 2 aromatic rings. The van der Waals surface area contributed by atoms with Gasteiger partial charge in [0.25, 0.3) is 0 Å². The largest absolute Gasteiger partial charge is 0.313 e. The van der Waals surface area contributed by atoms with Crippen LogP contribution in [0.4, 0.5) is 0 Å². The molecule has 1 heterocycles. The van der Waals surface area contributed by atoms with E-state index in [1.807, 2.05) is 11.3 Å². The van der Waals surface area contributed by atoms with Gasteiger partial charge in [-0.3, -0.25) is 0 Å². The highest BCUT2D eigenvalue weighted by molar-refractivity contribution is 7.17. The average Bonchev–Trinajstić information content (AvgIpc) is 2.89. The van der Waals surface area contributed by atoms with Crippen LogP contribution in [0.15, 0.2) is 29.6 Å². The predicted molar refractivity (Wildman–Crippen MR) is 86.9 cm³/mol. The van der Waals surface area contributed by atoms with Gasteiger partial charge >= 0.3 is 0 Å². The van der Waals surface area contributed by atoms with Crippen LogP contribution in [0.1, 0.15) is 51.1 Å². The van der Waals surface area contributed by atoms with Crippen molar-refractivity contribution in [1.82, 2.24) is 5.32 Å². The van der Waals surface area contributed by atoms with E-state index < -0.39 is 0 Å². The van der Waals surface area contributed by atoms with Gasteiger partial charge in [0.15, 0.2) is 0 Å². The number of fused-ring (bicyclic) bond motifs is 1. The first-order valence-corrected chi connectivity index (χ1v) is 8.33. The van der Waals surface area contributed by atoms with Crippen molar-refractivity contribution in [3.05, 3.63) is 35.2 Å². The molecule has 0 aliphatic rings. The highest BCUT2D eigenvalue weighted by Gasteiger charge is 2.22. The Morgan fingerprint density at radius 3 is 2.47 bits per heavy atom. The zero-order valence-electron chi connectivity index (χ0n) is 12.3. The second-order valence-electron chi connectivity index (χ2n) is 5.29. The van der Waals surface area contributed by atoms with Gasteiger partial charge in [0.1, 0.15) is 0 Å². The van der Waals surface area contributed by atoms with Crippen LogP contribution in [0, 0.1) is 5.92 Å². The SMILES string of the molecule is CCCC(CCC)C(NC)c1cccc2ccsc12. The van der Waals surface area contributed by atoms with Gasteiger partial charge in [-0.25, -0.2) is 0 Å². The molecule has 0 fully saturated rings. The maximum Gasteiger partial charge on any atom is 0.0390 e. The minimum atomic E-state index is 0.488. The van der Waals surface area contributed by atoms with Crippen molar-refractivity contribution in [3.8, 4) is 0 Å². The Morgan fingerprint density at radius 1 is 1.11 bits per heavy atom. The van der Waals surface area contributed by atoms with E-state index in [0.717, 1.165) is 5.92 Å². The third-order valence-corrected chi connectivity index (χ3v) is 4.93. The molecule has 0 amide bonds. The van der Waals surface area contributed by atoms with E-state index in [4.69, 9.17) is 0 Å². The third kappa shape index (κ3) is 3.18. The molecule has 1 aromatic heterocycles. The summed E-state index contributed by atoms with van der Waals surface area (Å²) in [5.41, 5.74) is 1.49. The molecule has 19 heavy (non-hydrogen) atoms. The first-order chi connectivity index (χ1) is 9.31. The van der Waals surface area contributed by atoms with Crippen molar-refractivity contribution in [3.63, 3.8) is 0 Å². The monoisotopic (exact) mass is 275 g/mol. The molecule has 1 atom stereocenters. The number of hydrogen-bond acceptors (Lipinski definition) is 2. The van der Waals surface area contributed by atoms with Crippen LogP contribution in [0.25, 0.3) is 10.1 Å². The van der Waals surface area contributed by atoms with E-state index >= 15 is 0 Å². The van der Waals surface area contributed by atoms with Crippen LogP contribution in [-0.2, 0) is 0 Å². The normalized spacial score (nSPS) is 13.3. The quantitative estimate of drug-likeness (QED) is 0.715. The fourth-order valence-corrected chi connectivity index (χ4v) is 4.08. The molecule has 0 bridgehead atoms. The van der Waals surface area contributed by atoms with E-state index in [1.165, 1.54) is 41.3 Å². The molecule has 0 saturated heterocycles. The Labute approximate surface area is 121 Å². The van der Waals surface area contributed by atoms with Gasteiger partial charge in [-0.1, -0.05) is 44.9 Å². The third-order valence-electron chi connectivity index (χ3n) is 3.95. The van der Waals surface area contributed by atoms with Crippen molar-refractivity contribution in [2.45, 2.75) is 45.6 Å². The fourth-order valence-electron chi connectivity index (χ4n) is 3.13. The van der Waals surface area contributed by atoms with Crippen molar-refractivity contribution >= 4 is 21.4 Å². The molecule has 2 heteroatoms. The first kappa shape index (κ1) is 14.5. The topological polar surface area (TPSA) is 12.0 Å². The van der Waals surface area contributed by atoms with Gasteiger partial charge in [0.05, 0.1) is 0 Å². The lowest BCUT2D eigenvalue weighted by atomic mass is 9.86. The van der Waals surface area contributed by atoms with Gasteiger partial charge in [-0.05, 0) is 48.2 Å². The molecule has 0 aliphatic heterocycles. The molecule has 0 radical (unpaired) electrons. The van der Waals surface area contributed by atoms with Crippen LogP contribution >= 0.6 is 11.3 Å². The molecule has 0 aliphatic carbocycles. The molecule has 1 aromatic carbocycles. The zero-order valence-corrected chi connectivity index (χ0v) is 13.1. The van der Waals surface area contributed by atoms with Gasteiger partial charge in [-0.2, -0.15) is 0 Å². The minimum Gasteiger partial charge on any atom is -0.313 e. The van der Waals surface area contributed by atoms with Crippen molar-refractivity contribution in [1.29, 1.82) is 0 Å². The number of hydrogen-bond donors (Lipinski definition) is 1. The summed E-state index contributed by atoms with van der Waals surface area (Å²) in [5.74, 6) is 0.743. The molecule has 0 spiro atoms. The van der Waals surface area contributed by atoms with Gasteiger partial charge in [-0.15, -0.1) is 11.3 Å². The Bertz CT molecular complexity index is 497. The average molecular weight is 275 g/mol. The lowest BCUT2D eigenvalue weighted by Crippen LogP contribution is -2.25. The van der Waals surface area contributed by atoms with Crippen molar-refractivity contribution < 1.29 is 0 Å². The summed E-state index contributed by atoms with van der Waals surface area (Å²) in [6, 6.07) is 9.44. The number of rotatable bonds is 7. The first-order valence-electron chi connectivity index (χ1n) is 7.45. The maximum absolute atomic E-state index is 3.58. The summed E-state index contributed by atoms with van der Waals surface area (Å²) in [4.78, 5) is 0. The maximum atomic E-state index is 3.58. The van der Waals surface area contributed by atoms with Crippen molar-refractivity contribution in [2.75, 3.05) is 7.05 Å². The smallest absolute Gasteiger partial charge is 0.0390 e. The predicted octanol–water partition coefficient (Wildman–Crippen LogP) is 5.38. The van der Waals surface area contributed by atoms with E-state index in [2.05, 4.69) is 55.9 Å². The standard InChI is InChI=1S/C17H25NS/c1-4-7-13(8-5-2)16(18-3)15-10-6-9-14-11-12-19-17(14)15/h6,9-13,16,18H,4-5,7-8H2,1-3H3. The van der Waals surface area contributed by atoms with Crippen LogP contribution < -0.4 is 5.32 Å². The van der Waals surface area contributed by atoms with Crippen LogP contribution in [-0.4, -0.2) is 7.05 Å². The molecule has 1 N–H and O–H groups in total. The van der Waals surface area contributed by atoms with E-state index in [1.54, 1.807) is 0 Å².